The fourth-order valence-corrected chi connectivity index (χ4v) is 1.97. The van der Waals surface area contributed by atoms with Crippen molar-refractivity contribution in [1.82, 2.24) is 5.32 Å². The average molecular weight is 261 g/mol. The van der Waals surface area contributed by atoms with Crippen LogP contribution >= 0.6 is 0 Å². The van der Waals surface area contributed by atoms with Crippen molar-refractivity contribution in [3.63, 3.8) is 0 Å². The van der Waals surface area contributed by atoms with Crippen molar-refractivity contribution in [3.8, 4) is 0 Å². The Morgan fingerprint density at radius 1 is 0.947 bits per heavy atom. The molecule has 0 atom stereocenters. The third-order valence-corrected chi connectivity index (χ3v) is 3.14. The van der Waals surface area contributed by atoms with Crippen LogP contribution < -0.4 is 5.32 Å². The average Bonchev–Trinajstić information content (AvgIpc) is 2.49. The topological polar surface area (TPSA) is 12.0 Å². The summed E-state index contributed by atoms with van der Waals surface area (Å²) < 4.78 is 0. The highest BCUT2D eigenvalue weighted by molar-refractivity contribution is 5.14. The van der Waals surface area contributed by atoms with E-state index in [-0.39, 0.29) is 0 Å². The summed E-state index contributed by atoms with van der Waals surface area (Å²) in [6, 6.07) is 10.8. The van der Waals surface area contributed by atoms with Crippen LogP contribution in [0.1, 0.15) is 57.9 Å². The third kappa shape index (κ3) is 10.4. The van der Waals surface area contributed by atoms with Gasteiger partial charge in [-0.25, -0.2) is 0 Å². The van der Waals surface area contributed by atoms with Gasteiger partial charge in [0.2, 0.25) is 0 Å². The van der Waals surface area contributed by atoms with E-state index in [0.717, 1.165) is 12.1 Å². The van der Waals surface area contributed by atoms with Crippen molar-refractivity contribution >= 4 is 0 Å². The molecule has 0 amide bonds. The molecule has 1 heteroatoms. The minimum atomic E-state index is 1.12. The highest BCUT2D eigenvalue weighted by Gasteiger charge is 1.94. The molecule has 0 aromatic heterocycles. The molecule has 1 nitrogen and oxygen atoms in total. The molecule has 108 valence electrons. The van der Waals surface area contributed by atoms with Crippen LogP contribution in [0.3, 0.4) is 0 Å². The summed E-state index contributed by atoms with van der Waals surface area (Å²) in [5, 5.41) is 3.09. The van der Waals surface area contributed by atoms with E-state index in [2.05, 4.69) is 42.2 Å². The minimum Gasteiger partial charge on any atom is -0.392 e. The van der Waals surface area contributed by atoms with Gasteiger partial charge in [0.15, 0.2) is 0 Å². The molecular weight excluding hydrogens is 230 g/mol. The maximum Gasteiger partial charge on any atom is 0.00310 e. The van der Waals surface area contributed by atoms with Gasteiger partial charge < -0.3 is 5.32 Å². The van der Waals surface area contributed by atoms with E-state index in [1.165, 1.54) is 44.1 Å². The van der Waals surface area contributed by atoms with Crippen LogP contribution in [0.25, 0.3) is 0 Å². The van der Waals surface area contributed by atoms with E-state index in [1.807, 2.05) is 20.9 Å². The van der Waals surface area contributed by atoms with Crippen LogP contribution in [0.5, 0.6) is 0 Å². The number of nitrogens with one attached hydrogen (secondary N) is 1. The zero-order valence-electron chi connectivity index (χ0n) is 13.0. The highest BCUT2D eigenvalue weighted by atomic mass is 14.8. The van der Waals surface area contributed by atoms with Crippen LogP contribution in [0, 0.1) is 0 Å². The first kappa shape index (κ1) is 17.8. The summed E-state index contributed by atoms with van der Waals surface area (Å²) in [7, 11) is 1.95. The number of hydrogen-bond acceptors (Lipinski definition) is 1. The first-order chi connectivity index (χ1) is 9.33. The molecule has 0 heterocycles. The molecule has 1 aromatic carbocycles. The number of rotatable bonds is 9. The summed E-state index contributed by atoms with van der Waals surface area (Å²) in [6.45, 7) is 7.94. The van der Waals surface area contributed by atoms with Gasteiger partial charge in [0.1, 0.15) is 0 Å². The van der Waals surface area contributed by atoms with Gasteiger partial charge in [-0.2, -0.15) is 0 Å². The van der Waals surface area contributed by atoms with E-state index in [0.29, 0.717) is 0 Å². The molecule has 0 aliphatic rings. The zero-order valence-corrected chi connectivity index (χ0v) is 13.0. The van der Waals surface area contributed by atoms with Gasteiger partial charge in [0, 0.05) is 12.7 Å². The maximum atomic E-state index is 3.94. The molecule has 19 heavy (non-hydrogen) atoms. The van der Waals surface area contributed by atoms with Gasteiger partial charge in [0.05, 0.1) is 0 Å². The third-order valence-electron chi connectivity index (χ3n) is 3.14. The summed E-state index contributed by atoms with van der Waals surface area (Å²) in [4.78, 5) is 0. The van der Waals surface area contributed by atoms with E-state index in [4.69, 9.17) is 0 Å². The number of aryl methyl sites for hydroxylation is 1. The van der Waals surface area contributed by atoms with E-state index < -0.39 is 0 Å². The Morgan fingerprint density at radius 3 is 2.16 bits per heavy atom. The summed E-state index contributed by atoms with van der Waals surface area (Å²) in [5.41, 5.74) is 2.63. The van der Waals surface area contributed by atoms with Crippen LogP contribution in [0.2, 0.25) is 0 Å². The van der Waals surface area contributed by atoms with Gasteiger partial charge >= 0.3 is 0 Å². The Kier molecular flexibility index (Phi) is 12.3. The molecule has 0 spiro atoms. The van der Waals surface area contributed by atoms with Crippen LogP contribution in [0.4, 0.5) is 0 Å². The van der Waals surface area contributed by atoms with Crippen molar-refractivity contribution in [1.29, 1.82) is 0 Å². The van der Waals surface area contributed by atoms with Crippen molar-refractivity contribution in [3.05, 3.63) is 48.2 Å². The largest absolute Gasteiger partial charge is 0.392 e. The Morgan fingerprint density at radius 2 is 1.53 bits per heavy atom. The molecule has 0 radical (unpaired) electrons. The van der Waals surface area contributed by atoms with Crippen molar-refractivity contribution in [2.75, 3.05) is 7.05 Å². The lowest BCUT2D eigenvalue weighted by Crippen LogP contribution is -2.03. The molecular formula is C18H31N. The standard InChI is InChI=1S/C16H25N.C2H6/c1-15(17-2)11-7-4-3-5-8-12-16-13-9-6-10-14-16;1-2/h6,9-10,13-14,17H,1,3-5,7-8,11-12H2,2H3;1-2H3. The Balaban J connectivity index is 0.00000154. The van der Waals surface area contributed by atoms with Crippen molar-refractivity contribution < 1.29 is 0 Å². The first-order valence-corrected chi connectivity index (χ1v) is 7.72. The molecule has 0 saturated heterocycles. The van der Waals surface area contributed by atoms with Gasteiger partial charge in [0.25, 0.3) is 0 Å². The first-order valence-electron chi connectivity index (χ1n) is 7.72. The molecule has 0 unspecified atom stereocenters. The zero-order chi connectivity index (χ0) is 14.3. The summed E-state index contributed by atoms with van der Waals surface area (Å²) in [5.74, 6) is 0. The van der Waals surface area contributed by atoms with E-state index >= 15 is 0 Å². The Bertz CT molecular complexity index is 303. The van der Waals surface area contributed by atoms with Crippen molar-refractivity contribution in [2.24, 2.45) is 0 Å². The molecule has 0 bridgehead atoms. The smallest absolute Gasteiger partial charge is 0.00310 e. The van der Waals surface area contributed by atoms with Gasteiger partial charge in [-0.05, 0) is 31.2 Å². The van der Waals surface area contributed by atoms with E-state index in [9.17, 15) is 0 Å². The lowest BCUT2D eigenvalue weighted by molar-refractivity contribution is 0.606. The highest BCUT2D eigenvalue weighted by Crippen LogP contribution is 2.10. The van der Waals surface area contributed by atoms with Crippen LogP contribution in [0.15, 0.2) is 42.6 Å². The van der Waals surface area contributed by atoms with E-state index in [1.54, 1.807) is 0 Å². The van der Waals surface area contributed by atoms with Gasteiger partial charge in [-0.1, -0.05) is 70.0 Å². The maximum absolute atomic E-state index is 3.94. The molecule has 0 aliphatic carbocycles. The minimum absolute atomic E-state index is 1.12. The quantitative estimate of drug-likeness (QED) is 0.592. The lowest BCUT2D eigenvalue weighted by atomic mass is 10.0. The second-order valence-electron chi connectivity index (χ2n) is 4.61. The molecule has 1 aromatic rings. The Labute approximate surface area is 120 Å². The summed E-state index contributed by atoms with van der Waals surface area (Å²) in [6.07, 6.45) is 8.96. The molecule has 1 N–H and O–H groups in total. The van der Waals surface area contributed by atoms with Gasteiger partial charge in [-0.15, -0.1) is 0 Å². The van der Waals surface area contributed by atoms with Crippen LogP contribution in [-0.4, -0.2) is 7.05 Å². The molecule has 1 rings (SSSR count). The normalized spacial score (nSPS) is 9.42. The fourth-order valence-electron chi connectivity index (χ4n) is 1.97. The number of hydrogen-bond donors (Lipinski definition) is 1. The monoisotopic (exact) mass is 261 g/mol. The predicted octanol–water partition coefficient (Wildman–Crippen LogP) is 5.33. The second-order valence-corrected chi connectivity index (χ2v) is 4.61. The number of benzene rings is 1. The fraction of sp³-hybridized carbons (Fsp3) is 0.556. The number of allylic oxidation sites excluding steroid dienone is 1. The lowest BCUT2D eigenvalue weighted by Gasteiger charge is -2.04. The Hall–Kier alpha value is -1.24. The number of unbranched alkanes of at least 4 members (excludes halogenated alkanes) is 4. The van der Waals surface area contributed by atoms with Gasteiger partial charge in [-0.3, -0.25) is 0 Å². The van der Waals surface area contributed by atoms with Crippen LogP contribution in [-0.2, 0) is 6.42 Å². The SMILES string of the molecule is C=C(CCCCCCCc1ccccc1)NC.CC. The van der Waals surface area contributed by atoms with Crippen molar-refractivity contribution in [2.45, 2.75) is 58.8 Å². The molecule has 0 saturated carbocycles. The second kappa shape index (κ2) is 13.2. The summed E-state index contributed by atoms with van der Waals surface area (Å²) >= 11 is 0. The molecule has 0 fully saturated rings. The predicted molar refractivity (Wildman–Crippen MR) is 87.4 cm³/mol. The molecule has 0 aliphatic heterocycles.